The van der Waals surface area contributed by atoms with Crippen molar-refractivity contribution >= 4 is 37.3 Å². The van der Waals surface area contributed by atoms with Gasteiger partial charge >= 0.3 is 0 Å². The van der Waals surface area contributed by atoms with Crippen molar-refractivity contribution in [2.75, 3.05) is 26.2 Å². The van der Waals surface area contributed by atoms with E-state index in [1.54, 1.807) is 10.4 Å². The number of thiophene rings is 1. The number of rotatable bonds is 3. The minimum atomic E-state index is -3.32. The first-order valence-electron chi connectivity index (χ1n) is 7.48. The molecule has 7 heteroatoms. The Morgan fingerprint density at radius 2 is 1.95 bits per heavy atom. The van der Waals surface area contributed by atoms with Gasteiger partial charge in [0.2, 0.25) is 0 Å². The van der Waals surface area contributed by atoms with Crippen LogP contribution in [0.4, 0.5) is 0 Å². The van der Waals surface area contributed by atoms with E-state index in [4.69, 9.17) is 0 Å². The van der Waals surface area contributed by atoms with Crippen molar-refractivity contribution < 1.29 is 8.42 Å². The summed E-state index contributed by atoms with van der Waals surface area (Å²) in [4.78, 5) is 2.48. The Kier molecular flexibility index (Phi) is 4.76. The first-order valence-corrected chi connectivity index (χ1v) is 10.5. The standard InChI is InChI=1S/C14H21BrN2O2S2/c1-11-9-13(20-14(11)15)21(18,19)17-8-5-12(10-17)16-6-3-2-4-7-16/h9,12H,2-8,10H2,1H3. The van der Waals surface area contributed by atoms with E-state index in [-0.39, 0.29) is 0 Å². The zero-order valence-electron chi connectivity index (χ0n) is 12.2. The SMILES string of the molecule is Cc1cc(S(=O)(=O)N2CCC(N3CCCCC3)C2)sc1Br. The maximum atomic E-state index is 12.7. The number of piperidine rings is 1. The van der Waals surface area contributed by atoms with E-state index in [1.807, 2.05) is 6.92 Å². The highest BCUT2D eigenvalue weighted by Crippen LogP contribution is 2.34. The Bertz CT molecular complexity index is 589. The van der Waals surface area contributed by atoms with Crippen LogP contribution in [0.3, 0.4) is 0 Å². The summed E-state index contributed by atoms with van der Waals surface area (Å²) in [5.41, 5.74) is 0.991. The van der Waals surface area contributed by atoms with Crippen molar-refractivity contribution in [2.24, 2.45) is 0 Å². The van der Waals surface area contributed by atoms with Crippen molar-refractivity contribution in [2.45, 2.75) is 42.9 Å². The maximum absolute atomic E-state index is 12.7. The number of likely N-dealkylation sites (tertiary alicyclic amines) is 1. The van der Waals surface area contributed by atoms with Crippen LogP contribution in [-0.2, 0) is 10.0 Å². The van der Waals surface area contributed by atoms with Crippen LogP contribution in [0.25, 0.3) is 0 Å². The molecule has 0 bridgehead atoms. The average molecular weight is 393 g/mol. The summed E-state index contributed by atoms with van der Waals surface area (Å²) in [5.74, 6) is 0. The van der Waals surface area contributed by atoms with E-state index >= 15 is 0 Å². The molecule has 4 nitrogen and oxygen atoms in total. The van der Waals surface area contributed by atoms with Gasteiger partial charge in [-0.2, -0.15) is 4.31 Å². The van der Waals surface area contributed by atoms with Crippen LogP contribution >= 0.6 is 27.3 Å². The van der Waals surface area contributed by atoms with Crippen LogP contribution in [0.5, 0.6) is 0 Å². The summed E-state index contributed by atoms with van der Waals surface area (Å²) in [6.07, 6.45) is 4.78. The van der Waals surface area contributed by atoms with Gasteiger partial charge in [0.25, 0.3) is 10.0 Å². The summed E-state index contributed by atoms with van der Waals surface area (Å²) < 4.78 is 28.5. The summed E-state index contributed by atoms with van der Waals surface area (Å²) in [5, 5.41) is 0. The fourth-order valence-corrected chi connectivity index (χ4v) is 7.07. The molecule has 1 aromatic rings. The Morgan fingerprint density at radius 1 is 1.24 bits per heavy atom. The van der Waals surface area contributed by atoms with Gasteiger partial charge in [-0.25, -0.2) is 8.42 Å². The van der Waals surface area contributed by atoms with Gasteiger partial charge in [0.05, 0.1) is 3.79 Å². The number of sulfonamides is 1. The van der Waals surface area contributed by atoms with Crippen molar-refractivity contribution in [3.63, 3.8) is 0 Å². The predicted molar refractivity (Wildman–Crippen MR) is 89.3 cm³/mol. The molecule has 0 radical (unpaired) electrons. The van der Waals surface area contributed by atoms with Gasteiger partial charge in [0.15, 0.2) is 0 Å². The van der Waals surface area contributed by atoms with Gasteiger partial charge in [-0.15, -0.1) is 11.3 Å². The van der Waals surface area contributed by atoms with Crippen molar-refractivity contribution in [1.29, 1.82) is 0 Å². The van der Waals surface area contributed by atoms with E-state index < -0.39 is 10.0 Å². The number of halogens is 1. The minimum absolute atomic E-state index is 0.407. The molecular weight excluding hydrogens is 372 g/mol. The third-order valence-corrected chi connectivity index (χ3v) is 8.91. The first-order chi connectivity index (χ1) is 9.98. The molecule has 0 saturated carbocycles. The van der Waals surface area contributed by atoms with Gasteiger partial charge in [-0.05, 0) is 66.8 Å². The second kappa shape index (κ2) is 6.28. The molecule has 0 aromatic carbocycles. The van der Waals surface area contributed by atoms with Crippen LogP contribution in [0.2, 0.25) is 0 Å². The zero-order valence-corrected chi connectivity index (χ0v) is 15.4. The van der Waals surface area contributed by atoms with Gasteiger partial charge in [-0.3, -0.25) is 4.90 Å². The summed E-state index contributed by atoms with van der Waals surface area (Å²) >= 11 is 4.74. The molecule has 1 atom stereocenters. The number of hydrogen-bond acceptors (Lipinski definition) is 4. The molecule has 3 heterocycles. The summed E-state index contributed by atoms with van der Waals surface area (Å²) in [6, 6.07) is 2.18. The van der Waals surface area contributed by atoms with Crippen LogP contribution < -0.4 is 0 Å². The Hall–Kier alpha value is 0.0500. The molecule has 0 aliphatic carbocycles. The van der Waals surface area contributed by atoms with Crippen LogP contribution in [0.1, 0.15) is 31.2 Å². The molecule has 2 saturated heterocycles. The van der Waals surface area contributed by atoms with E-state index in [0.29, 0.717) is 23.3 Å². The van der Waals surface area contributed by atoms with Crippen molar-refractivity contribution in [1.82, 2.24) is 9.21 Å². The molecule has 21 heavy (non-hydrogen) atoms. The van der Waals surface area contributed by atoms with E-state index in [0.717, 1.165) is 28.9 Å². The number of aryl methyl sites for hydroxylation is 1. The molecule has 0 amide bonds. The average Bonchev–Trinajstić information content (AvgIpc) is 3.09. The lowest BCUT2D eigenvalue weighted by Gasteiger charge is -2.32. The lowest BCUT2D eigenvalue weighted by molar-refractivity contribution is 0.169. The zero-order chi connectivity index (χ0) is 15.0. The quantitative estimate of drug-likeness (QED) is 0.793. The number of nitrogens with zero attached hydrogens (tertiary/aromatic N) is 2. The Morgan fingerprint density at radius 3 is 2.57 bits per heavy atom. The molecule has 3 rings (SSSR count). The van der Waals surface area contributed by atoms with Gasteiger partial charge < -0.3 is 0 Å². The van der Waals surface area contributed by atoms with Crippen molar-refractivity contribution in [3.8, 4) is 0 Å². The highest BCUT2D eigenvalue weighted by atomic mass is 79.9. The molecule has 2 fully saturated rings. The number of hydrogen-bond donors (Lipinski definition) is 0. The lowest BCUT2D eigenvalue weighted by atomic mass is 10.1. The Balaban J connectivity index is 1.72. The lowest BCUT2D eigenvalue weighted by Crippen LogP contribution is -2.41. The molecule has 2 aliphatic heterocycles. The highest BCUT2D eigenvalue weighted by molar-refractivity contribution is 9.11. The van der Waals surface area contributed by atoms with Crippen LogP contribution in [-0.4, -0.2) is 49.8 Å². The fourth-order valence-electron chi connectivity index (χ4n) is 3.20. The van der Waals surface area contributed by atoms with E-state index in [1.165, 1.54) is 30.6 Å². The maximum Gasteiger partial charge on any atom is 0.252 e. The molecule has 1 aromatic heterocycles. The van der Waals surface area contributed by atoms with Crippen LogP contribution in [0.15, 0.2) is 14.1 Å². The highest BCUT2D eigenvalue weighted by Gasteiger charge is 2.36. The van der Waals surface area contributed by atoms with Gasteiger partial charge in [0, 0.05) is 19.1 Å². The topological polar surface area (TPSA) is 40.6 Å². The monoisotopic (exact) mass is 392 g/mol. The molecule has 0 N–H and O–H groups in total. The largest absolute Gasteiger partial charge is 0.299 e. The van der Waals surface area contributed by atoms with Crippen LogP contribution in [0, 0.1) is 6.92 Å². The smallest absolute Gasteiger partial charge is 0.252 e. The summed E-state index contributed by atoms with van der Waals surface area (Å²) in [7, 11) is -3.32. The molecule has 1 unspecified atom stereocenters. The fraction of sp³-hybridized carbons (Fsp3) is 0.714. The normalized spacial score (nSPS) is 25.5. The minimum Gasteiger partial charge on any atom is -0.299 e. The van der Waals surface area contributed by atoms with Gasteiger partial charge in [0.1, 0.15) is 4.21 Å². The Labute approximate surface area is 139 Å². The van der Waals surface area contributed by atoms with E-state index in [9.17, 15) is 8.42 Å². The molecular formula is C14H21BrN2O2S2. The predicted octanol–water partition coefficient (Wildman–Crippen LogP) is 3.07. The third kappa shape index (κ3) is 3.22. The summed E-state index contributed by atoms with van der Waals surface area (Å²) in [6.45, 7) is 5.49. The van der Waals surface area contributed by atoms with Crippen molar-refractivity contribution in [3.05, 3.63) is 15.4 Å². The second-order valence-corrected chi connectivity index (χ2v) is 10.5. The third-order valence-electron chi connectivity index (χ3n) is 4.46. The molecule has 0 spiro atoms. The van der Waals surface area contributed by atoms with E-state index in [2.05, 4.69) is 20.8 Å². The molecule has 2 aliphatic rings. The second-order valence-electron chi connectivity index (χ2n) is 5.92. The molecule has 118 valence electrons. The van der Waals surface area contributed by atoms with Gasteiger partial charge in [-0.1, -0.05) is 6.42 Å². The first kappa shape index (κ1) is 15.9.